The van der Waals surface area contributed by atoms with Crippen molar-refractivity contribution in [2.24, 2.45) is 5.92 Å². The van der Waals surface area contributed by atoms with Crippen molar-refractivity contribution in [2.45, 2.75) is 26.7 Å². The second-order valence-corrected chi connectivity index (χ2v) is 5.60. The summed E-state index contributed by atoms with van der Waals surface area (Å²) < 4.78 is 5.81. The molecule has 0 spiro atoms. The van der Waals surface area contributed by atoms with Crippen molar-refractivity contribution in [3.63, 3.8) is 0 Å². The molecule has 110 valence electrons. The standard InChI is InChI=1S/C16H23NO3/c1-12-4-5-13(2)15(10-12)20-9-3-7-17-8-6-14(11-17)16(18)19/h4-5,10,14H,3,6-9,11H2,1-2H3,(H,18,19)/t14-/m0/s1. The first-order valence-electron chi connectivity index (χ1n) is 7.21. The van der Waals surface area contributed by atoms with E-state index in [-0.39, 0.29) is 5.92 Å². The van der Waals surface area contributed by atoms with Crippen LogP contribution in [0, 0.1) is 19.8 Å². The molecule has 0 aliphatic carbocycles. The minimum absolute atomic E-state index is 0.185. The van der Waals surface area contributed by atoms with E-state index >= 15 is 0 Å². The van der Waals surface area contributed by atoms with E-state index in [1.807, 2.05) is 6.92 Å². The Balaban J connectivity index is 1.69. The highest BCUT2D eigenvalue weighted by Gasteiger charge is 2.27. The van der Waals surface area contributed by atoms with Gasteiger partial charge in [0.25, 0.3) is 0 Å². The fourth-order valence-corrected chi connectivity index (χ4v) is 2.57. The Morgan fingerprint density at radius 3 is 2.95 bits per heavy atom. The van der Waals surface area contributed by atoms with E-state index in [0.29, 0.717) is 13.2 Å². The summed E-state index contributed by atoms with van der Waals surface area (Å²) in [5.41, 5.74) is 2.36. The Kier molecular flexibility index (Phi) is 5.01. The Bertz CT molecular complexity index is 473. The molecule has 1 aliphatic heterocycles. The van der Waals surface area contributed by atoms with Crippen LogP contribution in [0.2, 0.25) is 0 Å². The van der Waals surface area contributed by atoms with Gasteiger partial charge in [-0.15, -0.1) is 0 Å². The molecule has 0 amide bonds. The predicted molar refractivity (Wildman–Crippen MR) is 78.2 cm³/mol. The molecule has 1 heterocycles. The largest absolute Gasteiger partial charge is 0.493 e. The number of rotatable bonds is 6. The van der Waals surface area contributed by atoms with Crippen LogP contribution in [0.3, 0.4) is 0 Å². The van der Waals surface area contributed by atoms with E-state index in [1.54, 1.807) is 0 Å². The average molecular weight is 277 g/mol. The van der Waals surface area contributed by atoms with Gasteiger partial charge in [-0.05, 0) is 50.4 Å². The number of carboxylic acid groups (broad SMARTS) is 1. The third-order valence-electron chi connectivity index (χ3n) is 3.84. The number of aryl methyl sites for hydroxylation is 2. The van der Waals surface area contributed by atoms with Gasteiger partial charge in [0.1, 0.15) is 5.75 Å². The number of aliphatic carboxylic acids is 1. The zero-order valence-corrected chi connectivity index (χ0v) is 12.3. The van der Waals surface area contributed by atoms with Crippen LogP contribution >= 0.6 is 0 Å². The Hall–Kier alpha value is -1.55. The minimum atomic E-state index is -0.667. The molecule has 1 N–H and O–H groups in total. The van der Waals surface area contributed by atoms with Gasteiger partial charge in [0.2, 0.25) is 0 Å². The number of hydrogen-bond donors (Lipinski definition) is 1. The third kappa shape index (κ3) is 3.97. The number of benzene rings is 1. The minimum Gasteiger partial charge on any atom is -0.493 e. The van der Waals surface area contributed by atoms with Crippen molar-refractivity contribution in [2.75, 3.05) is 26.2 Å². The maximum Gasteiger partial charge on any atom is 0.307 e. The average Bonchev–Trinajstić information content (AvgIpc) is 2.87. The lowest BCUT2D eigenvalue weighted by atomic mass is 10.1. The summed E-state index contributed by atoms with van der Waals surface area (Å²) >= 11 is 0. The zero-order valence-electron chi connectivity index (χ0n) is 12.3. The van der Waals surface area contributed by atoms with Crippen LogP contribution in [-0.4, -0.2) is 42.2 Å². The van der Waals surface area contributed by atoms with Crippen molar-refractivity contribution in [3.05, 3.63) is 29.3 Å². The first-order chi connectivity index (χ1) is 9.56. The maximum absolute atomic E-state index is 10.9. The molecule has 1 aromatic carbocycles. The lowest BCUT2D eigenvalue weighted by Gasteiger charge is -2.15. The molecule has 4 nitrogen and oxygen atoms in total. The van der Waals surface area contributed by atoms with Gasteiger partial charge in [0, 0.05) is 13.1 Å². The second-order valence-electron chi connectivity index (χ2n) is 5.60. The van der Waals surface area contributed by atoms with Gasteiger partial charge in [-0.2, -0.15) is 0 Å². The summed E-state index contributed by atoms with van der Waals surface area (Å²) in [6.45, 7) is 7.27. The topological polar surface area (TPSA) is 49.8 Å². The summed E-state index contributed by atoms with van der Waals surface area (Å²) in [4.78, 5) is 13.1. The molecule has 1 atom stereocenters. The molecule has 1 aliphatic rings. The highest BCUT2D eigenvalue weighted by atomic mass is 16.5. The van der Waals surface area contributed by atoms with Crippen molar-refractivity contribution in [1.82, 2.24) is 4.90 Å². The lowest BCUT2D eigenvalue weighted by Crippen LogP contribution is -2.25. The molecule has 1 fully saturated rings. The Labute approximate surface area is 120 Å². The smallest absolute Gasteiger partial charge is 0.307 e. The van der Waals surface area contributed by atoms with Crippen molar-refractivity contribution in [1.29, 1.82) is 0 Å². The molecule has 0 aromatic heterocycles. The van der Waals surface area contributed by atoms with E-state index in [4.69, 9.17) is 9.84 Å². The quantitative estimate of drug-likeness (QED) is 0.812. The number of carbonyl (C=O) groups is 1. The molecule has 0 saturated carbocycles. The summed E-state index contributed by atoms with van der Waals surface area (Å²) in [6, 6.07) is 6.21. The SMILES string of the molecule is Cc1ccc(C)c(OCCCN2CC[C@H](C(=O)O)C2)c1. The van der Waals surface area contributed by atoms with Crippen LogP contribution < -0.4 is 4.74 Å². The normalized spacial score (nSPS) is 19.2. The van der Waals surface area contributed by atoms with Crippen LogP contribution in [0.5, 0.6) is 5.75 Å². The maximum atomic E-state index is 10.9. The summed E-state index contributed by atoms with van der Waals surface area (Å²) in [6.07, 6.45) is 1.70. The van der Waals surface area contributed by atoms with Crippen molar-refractivity contribution >= 4 is 5.97 Å². The molecule has 2 rings (SSSR count). The van der Waals surface area contributed by atoms with Gasteiger partial charge in [-0.3, -0.25) is 4.79 Å². The van der Waals surface area contributed by atoms with Gasteiger partial charge < -0.3 is 14.7 Å². The molecule has 20 heavy (non-hydrogen) atoms. The Morgan fingerprint density at radius 1 is 1.45 bits per heavy atom. The molecule has 4 heteroatoms. The molecule has 1 aromatic rings. The van der Waals surface area contributed by atoms with Crippen molar-refractivity contribution < 1.29 is 14.6 Å². The molecule has 1 saturated heterocycles. The van der Waals surface area contributed by atoms with E-state index in [0.717, 1.165) is 37.2 Å². The third-order valence-corrected chi connectivity index (χ3v) is 3.84. The summed E-state index contributed by atoms with van der Waals surface area (Å²) in [5, 5.41) is 8.96. The van der Waals surface area contributed by atoms with E-state index < -0.39 is 5.97 Å². The van der Waals surface area contributed by atoms with Crippen LogP contribution in [-0.2, 0) is 4.79 Å². The van der Waals surface area contributed by atoms with Gasteiger partial charge in [-0.25, -0.2) is 0 Å². The number of hydrogen-bond acceptors (Lipinski definition) is 3. The number of carboxylic acids is 1. The van der Waals surface area contributed by atoms with Crippen LogP contribution in [0.4, 0.5) is 0 Å². The zero-order chi connectivity index (χ0) is 14.5. The molecular weight excluding hydrogens is 254 g/mol. The fourth-order valence-electron chi connectivity index (χ4n) is 2.57. The van der Waals surface area contributed by atoms with Gasteiger partial charge in [-0.1, -0.05) is 12.1 Å². The van der Waals surface area contributed by atoms with E-state index in [1.165, 1.54) is 5.56 Å². The van der Waals surface area contributed by atoms with Crippen molar-refractivity contribution in [3.8, 4) is 5.75 Å². The Morgan fingerprint density at radius 2 is 2.25 bits per heavy atom. The molecular formula is C16H23NO3. The molecule has 0 unspecified atom stereocenters. The summed E-state index contributed by atoms with van der Waals surface area (Å²) in [7, 11) is 0. The first kappa shape index (κ1) is 14.9. The van der Waals surface area contributed by atoms with Crippen LogP contribution in [0.15, 0.2) is 18.2 Å². The second kappa shape index (κ2) is 6.75. The van der Waals surface area contributed by atoms with Crippen LogP contribution in [0.1, 0.15) is 24.0 Å². The number of likely N-dealkylation sites (tertiary alicyclic amines) is 1. The number of nitrogens with zero attached hydrogens (tertiary/aromatic N) is 1. The van der Waals surface area contributed by atoms with Gasteiger partial charge >= 0.3 is 5.97 Å². The first-order valence-corrected chi connectivity index (χ1v) is 7.21. The fraction of sp³-hybridized carbons (Fsp3) is 0.562. The monoisotopic (exact) mass is 277 g/mol. The number of ether oxygens (including phenoxy) is 1. The molecule has 0 bridgehead atoms. The predicted octanol–water partition coefficient (Wildman–Crippen LogP) is 2.48. The van der Waals surface area contributed by atoms with E-state index in [9.17, 15) is 4.79 Å². The lowest BCUT2D eigenvalue weighted by molar-refractivity contribution is -0.141. The van der Waals surface area contributed by atoms with Gasteiger partial charge in [0.05, 0.1) is 12.5 Å². The van der Waals surface area contributed by atoms with Crippen LogP contribution in [0.25, 0.3) is 0 Å². The summed E-state index contributed by atoms with van der Waals surface area (Å²) in [5.74, 6) is 0.101. The molecule has 0 radical (unpaired) electrons. The van der Waals surface area contributed by atoms with Gasteiger partial charge in [0.15, 0.2) is 0 Å². The van der Waals surface area contributed by atoms with E-state index in [2.05, 4.69) is 30.0 Å². The highest BCUT2D eigenvalue weighted by Crippen LogP contribution is 2.20. The highest BCUT2D eigenvalue weighted by molar-refractivity contribution is 5.70.